The lowest BCUT2D eigenvalue weighted by Gasteiger charge is -2.16. The highest BCUT2D eigenvalue weighted by Gasteiger charge is 2.17. The average molecular weight is 438 g/mol. The van der Waals surface area contributed by atoms with Crippen LogP contribution in [0.15, 0.2) is 47.5 Å². The number of rotatable bonds is 10. The molecule has 0 unspecified atom stereocenters. The molecular weight excluding hydrogens is 410 g/mol. The number of nitrogens with zero attached hydrogens (tertiary/aromatic N) is 5. The van der Waals surface area contributed by atoms with E-state index in [0.717, 1.165) is 22.4 Å². The summed E-state index contributed by atoms with van der Waals surface area (Å²) in [5.41, 5.74) is 4.42. The van der Waals surface area contributed by atoms with Gasteiger partial charge in [0.25, 0.3) is 0 Å². The number of aliphatic hydroxyl groups excluding tert-OH is 2. The number of furan rings is 1. The minimum Gasteiger partial charge on any atom is -0.472 e. The van der Waals surface area contributed by atoms with Crippen LogP contribution in [-0.2, 0) is 6.54 Å². The first-order chi connectivity index (χ1) is 15.6. The predicted molar refractivity (Wildman–Crippen MR) is 120 cm³/mol. The third-order valence-corrected chi connectivity index (χ3v) is 5.14. The fourth-order valence-corrected chi connectivity index (χ4v) is 3.32. The van der Waals surface area contributed by atoms with E-state index in [1.165, 1.54) is 0 Å². The molecule has 0 aliphatic carbocycles. The molecule has 0 amide bonds. The van der Waals surface area contributed by atoms with Gasteiger partial charge < -0.3 is 25.3 Å². The molecule has 0 spiro atoms. The van der Waals surface area contributed by atoms with E-state index in [2.05, 4.69) is 44.5 Å². The zero-order valence-electron chi connectivity index (χ0n) is 18.1. The zero-order chi connectivity index (χ0) is 22.5. The number of hydrogen-bond donors (Lipinski definition) is 4. The number of hydrogen-bond acceptors (Lipinski definition) is 9. The van der Waals surface area contributed by atoms with Gasteiger partial charge in [-0.05, 0) is 30.0 Å². The van der Waals surface area contributed by atoms with E-state index in [4.69, 9.17) is 4.42 Å². The molecule has 168 valence electrons. The number of anilines is 2. The Morgan fingerprint density at radius 3 is 2.66 bits per heavy atom. The topological polar surface area (TPSA) is 134 Å². The van der Waals surface area contributed by atoms with Crippen LogP contribution in [0.4, 0.5) is 11.9 Å². The van der Waals surface area contributed by atoms with Crippen molar-refractivity contribution in [2.45, 2.75) is 38.8 Å². The molecule has 32 heavy (non-hydrogen) atoms. The number of nitrogens with one attached hydrogen (secondary N) is 2. The molecule has 4 aromatic heterocycles. The number of aliphatic hydroxyl groups is 2. The Balaban J connectivity index is 1.59. The van der Waals surface area contributed by atoms with Crippen molar-refractivity contribution >= 4 is 17.5 Å². The van der Waals surface area contributed by atoms with Gasteiger partial charge in [0.1, 0.15) is 0 Å². The Morgan fingerprint density at radius 2 is 2.00 bits per heavy atom. The maximum atomic E-state index is 9.57. The maximum Gasteiger partial charge on any atom is 0.229 e. The molecule has 0 saturated carbocycles. The van der Waals surface area contributed by atoms with Gasteiger partial charge in [-0.1, -0.05) is 19.9 Å². The van der Waals surface area contributed by atoms with Crippen LogP contribution in [0.2, 0.25) is 0 Å². The van der Waals surface area contributed by atoms with E-state index < -0.39 is 0 Å². The van der Waals surface area contributed by atoms with Crippen LogP contribution in [0.5, 0.6) is 0 Å². The molecule has 4 aromatic rings. The molecule has 4 N–H and O–H groups in total. The lowest BCUT2D eigenvalue weighted by molar-refractivity contribution is 0.228. The summed E-state index contributed by atoms with van der Waals surface area (Å²) in [6.45, 7) is 4.46. The third kappa shape index (κ3) is 4.71. The quantitative estimate of drug-likeness (QED) is 0.295. The van der Waals surface area contributed by atoms with Crippen molar-refractivity contribution in [1.29, 1.82) is 0 Å². The van der Waals surface area contributed by atoms with Gasteiger partial charge in [-0.25, -0.2) is 0 Å². The Kier molecular flexibility index (Phi) is 6.62. The number of fused-ring (bicyclic) bond motifs is 1. The second kappa shape index (κ2) is 9.75. The summed E-state index contributed by atoms with van der Waals surface area (Å²) in [5.74, 6) is 1.11. The molecule has 1 atom stereocenters. The Morgan fingerprint density at radius 1 is 1.12 bits per heavy atom. The monoisotopic (exact) mass is 437 g/mol. The molecule has 0 bridgehead atoms. The van der Waals surface area contributed by atoms with Crippen molar-refractivity contribution < 1.29 is 14.6 Å². The maximum absolute atomic E-state index is 9.57. The Hall–Kier alpha value is -3.50. The highest BCUT2D eigenvalue weighted by Crippen LogP contribution is 2.23. The van der Waals surface area contributed by atoms with Crippen molar-refractivity contribution in [3.63, 3.8) is 0 Å². The van der Waals surface area contributed by atoms with Crippen molar-refractivity contribution in [3.05, 3.63) is 54.2 Å². The summed E-state index contributed by atoms with van der Waals surface area (Å²) in [7, 11) is 0. The van der Waals surface area contributed by atoms with Gasteiger partial charge in [0, 0.05) is 30.5 Å². The van der Waals surface area contributed by atoms with E-state index in [-0.39, 0.29) is 25.2 Å². The first-order valence-electron chi connectivity index (χ1n) is 10.5. The van der Waals surface area contributed by atoms with Crippen LogP contribution in [0.3, 0.4) is 0 Å². The minimum absolute atomic E-state index is 0.0443. The second-order valence-corrected chi connectivity index (χ2v) is 7.81. The molecule has 0 radical (unpaired) electrons. The first kappa shape index (κ1) is 21.7. The third-order valence-electron chi connectivity index (χ3n) is 5.14. The largest absolute Gasteiger partial charge is 0.472 e. The zero-order valence-corrected chi connectivity index (χ0v) is 18.1. The van der Waals surface area contributed by atoms with Crippen molar-refractivity contribution in [1.82, 2.24) is 24.6 Å². The standard InChI is InChI=1S/C22H27N7O3/c1-14(2)18-11-25-29-20(18)27-21(26-17(12-31)5-7-30)28-22(29)24-10-15-3-4-19(23-9-15)16-6-8-32-13-16/h3-4,6,8-9,11,13-14,17,30-31H,5,7,10,12H2,1-2H3,(H2,24,26,27,28)/t17-/m1/s1. The summed E-state index contributed by atoms with van der Waals surface area (Å²) in [6, 6.07) is 5.45. The van der Waals surface area contributed by atoms with Gasteiger partial charge in [0.2, 0.25) is 11.9 Å². The summed E-state index contributed by atoms with van der Waals surface area (Å²) in [6.07, 6.45) is 7.27. The van der Waals surface area contributed by atoms with E-state index in [1.807, 2.05) is 18.2 Å². The van der Waals surface area contributed by atoms with Crippen molar-refractivity contribution in [2.24, 2.45) is 0 Å². The van der Waals surface area contributed by atoms with Crippen LogP contribution in [0.1, 0.15) is 37.3 Å². The second-order valence-electron chi connectivity index (χ2n) is 7.81. The van der Waals surface area contributed by atoms with E-state index in [0.29, 0.717) is 30.5 Å². The summed E-state index contributed by atoms with van der Waals surface area (Å²) < 4.78 is 6.79. The van der Waals surface area contributed by atoms with E-state index in [9.17, 15) is 10.2 Å². The summed E-state index contributed by atoms with van der Waals surface area (Å²) >= 11 is 0. The molecule has 0 aromatic carbocycles. The fraction of sp³-hybridized carbons (Fsp3) is 0.364. The molecule has 4 heterocycles. The number of pyridine rings is 1. The van der Waals surface area contributed by atoms with Crippen LogP contribution >= 0.6 is 0 Å². The summed E-state index contributed by atoms with van der Waals surface area (Å²) in [4.78, 5) is 13.7. The highest BCUT2D eigenvalue weighted by molar-refractivity contribution is 5.58. The Labute approximate surface area is 185 Å². The van der Waals surface area contributed by atoms with Crippen LogP contribution in [0, 0.1) is 0 Å². The fourth-order valence-electron chi connectivity index (χ4n) is 3.32. The minimum atomic E-state index is -0.347. The first-order valence-corrected chi connectivity index (χ1v) is 10.5. The van der Waals surface area contributed by atoms with Crippen molar-refractivity contribution in [2.75, 3.05) is 23.8 Å². The molecule has 0 aliphatic heterocycles. The highest BCUT2D eigenvalue weighted by atomic mass is 16.3. The lowest BCUT2D eigenvalue weighted by Crippen LogP contribution is -2.26. The number of aromatic nitrogens is 5. The van der Waals surface area contributed by atoms with E-state index in [1.54, 1.807) is 29.4 Å². The molecule has 0 saturated heterocycles. The average Bonchev–Trinajstić information content (AvgIpc) is 3.48. The lowest BCUT2D eigenvalue weighted by atomic mass is 10.1. The summed E-state index contributed by atoms with van der Waals surface area (Å²) in [5, 5.41) is 29.7. The van der Waals surface area contributed by atoms with Crippen LogP contribution in [-0.4, -0.2) is 54.0 Å². The van der Waals surface area contributed by atoms with Gasteiger partial charge in [-0.3, -0.25) is 4.98 Å². The van der Waals surface area contributed by atoms with Crippen LogP contribution < -0.4 is 10.6 Å². The van der Waals surface area contributed by atoms with Gasteiger partial charge in [0.05, 0.1) is 37.1 Å². The molecule has 4 rings (SSSR count). The molecule has 0 aliphatic rings. The van der Waals surface area contributed by atoms with Crippen LogP contribution in [0.25, 0.3) is 16.9 Å². The van der Waals surface area contributed by atoms with Crippen molar-refractivity contribution in [3.8, 4) is 11.3 Å². The SMILES string of the molecule is CC(C)c1cnn2c(NCc3ccc(-c4ccoc4)nc3)nc(N[C@@H](CO)CCO)nc12. The van der Waals surface area contributed by atoms with Gasteiger partial charge >= 0.3 is 0 Å². The Bertz CT molecular complexity index is 1140. The van der Waals surface area contributed by atoms with E-state index >= 15 is 0 Å². The van der Waals surface area contributed by atoms with Gasteiger partial charge in [-0.2, -0.15) is 19.6 Å². The normalized spacial score (nSPS) is 12.4. The predicted octanol–water partition coefficient (Wildman–Crippen LogP) is 2.67. The molecule has 10 nitrogen and oxygen atoms in total. The van der Waals surface area contributed by atoms with Gasteiger partial charge in [-0.15, -0.1) is 0 Å². The molecule has 0 fully saturated rings. The smallest absolute Gasteiger partial charge is 0.229 e. The van der Waals surface area contributed by atoms with Gasteiger partial charge in [0.15, 0.2) is 5.65 Å². The molecular formula is C22H27N7O3. The molecule has 10 heteroatoms.